The van der Waals surface area contributed by atoms with Gasteiger partial charge in [-0.05, 0) is 85.2 Å². The third-order valence-electron chi connectivity index (χ3n) is 5.60. The van der Waals surface area contributed by atoms with Gasteiger partial charge < -0.3 is 15.1 Å². The third kappa shape index (κ3) is 9.51. The molecule has 0 saturated heterocycles. The number of aryl methyl sites for hydroxylation is 1. The highest BCUT2D eigenvalue weighted by Crippen LogP contribution is 2.30. The van der Waals surface area contributed by atoms with Crippen LogP contribution in [-0.4, -0.2) is 24.6 Å². The van der Waals surface area contributed by atoms with Crippen LogP contribution < -0.4 is 10.6 Å². The maximum atomic E-state index is 10.5. The van der Waals surface area contributed by atoms with E-state index in [9.17, 15) is 4.57 Å². The number of hydrogen-bond donors (Lipinski definition) is 3. The molecule has 0 saturated carbocycles. The lowest BCUT2D eigenvalue weighted by Gasteiger charge is -2.14. The molecule has 3 N–H and O–H groups in total. The molecule has 0 aliphatic heterocycles. The van der Waals surface area contributed by atoms with Gasteiger partial charge in [0, 0.05) is 33.4 Å². The number of rotatable bonds is 15. The maximum absolute atomic E-state index is 10.5. The molecule has 8 heteroatoms. The lowest BCUT2D eigenvalue weighted by atomic mass is 10.0. The second-order valence-corrected chi connectivity index (χ2v) is 10.6. The van der Waals surface area contributed by atoms with Crippen molar-refractivity contribution < 1.29 is 18.4 Å². The predicted molar refractivity (Wildman–Crippen MR) is 146 cm³/mol. The van der Waals surface area contributed by atoms with E-state index in [0.29, 0.717) is 25.4 Å². The van der Waals surface area contributed by atoms with Crippen LogP contribution >= 0.6 is 24.2 Å². The Morgan fingerprint density at radius 1 is 1.09 bits per heavy atom. The van der Waals surface area contributed by atoms with Crippen LogP contribution in [0, 0.1) is 5.92 Å². The Bertz CT molecular complexity index is 1070. The molecule has 1 unspecified atom stereocenters. The highest BCUT2D eigenvalue weighted by molar-refractivity contribution is 9.10. The van der Waals surface area contributed by atoms with E-state index >= 15 is 0 Å². The summed E-state index contributed by atoms with van der Waals surface area (Å²) in [5.74, 6) is 1.48. The predicted octanol–water partition coefficient (Wildman–Crippen LogP) is 7.10. The monoisotopic (exact) mass is 561 g/mol. The van der Waals surface area contributed by atoms with Crippen LogP contribution in [0.25, 0.3) is 11.3 Å². The fourth-order valence-corrected chi connectivity index (χ4v) is 4.80. The van der Waals surface area contributed by atoms with E-state index in [4.69, 9.17) is 9.31 Å². The first-order valence-corrected chi connectivity index (χ1v) is 14.0. The Morgan fingerprint density at radius 3 is 2.63 bits per heavy atom. The van der Waals surface area contributed by atoms with Crippen molar-refractivity contribution in [1.29, 1.82) is 0 Å². The van der Waals surface area contributed by atoms with Crippen LogP contribution in [0.5, 0.6) is 0 Å². The lowest BCUT2D eigenvalue weighted by Crippen LogP contribution is -2.16. The van der Waals surface area contributed by atoms with Gasteiger partial charge in [-0.3, -0.25) is 0 Å². The van der Waals surface area contributed by atoms with E-state index in [2.05, 4.69) is 81.3 Å². The zero-order valence-electron chi connectivity index (χ0n) is 20.4. The second-order valence-electron chi connectivity index (χ2n) is 9.01. The number of nitrogens with one attached hydrogen (secondary N) is 2. The Kier molecular flexibility index (Phi) is 11.4. The minimum Gasteiger partial charge on any atom is -0.464 e. The number of anilines is 1. The fourth-order valence-electron chi connectivity index (χ4n) is 3.93. The van der Waals surface area contributed by atoms with Crippen molar-refractivity contribution in [2.75, 3.05) is 25.0 Å². The van der Waals surface area contributed by atoms with Crippen LogP contribution in [0.2, 0.25) is 0 Å². The summed E-state index contributed by atoms with van der Waals surface area (Å²) in [4.78, 5) is 8.67. The first kappa shape index (κ1) is 27.6. The molecule has 0 aliphatic rings. The van der Waals surface area contributed by atoms with E-state index in [1.54, 1.807) is 6.26 Å². The normalized spacial score (nSPS) is 11.7. The van der Waals surface area contributed by atoms with Crippen molar-refractivity contribution in [2.45, 2.75) is 46.1 Å². The van der Waals surface area contributed by atoms with E-state index < -0.39 is 8.25 Å². The quantitative estimate of drug-likeness (QED) is 0.135. The molecule has 0 spiro atoms. The molecule has 1 aromatic heterocycles. The van der Waals surface area contributed by atoms with Crippen LogP contribution in [0.15, 0.2) is 63.7 Å². The van der Waals surface area contributed by atoms with Crippen LogP contribution in [0.4, 0.5) is 5.69 Å². The van der Waals surface area contributed by atoms with E-state index in [1.165, 1.54) is 15.6 Å². The van der Waals surface area contributed by atoms with Gasteiger partial charge in [-0.25, -0.2) is 0 Å². The van der Waals surface area contributed by atoms with Crippen molar-refractivity contribution in [1.82, 2.24) is 5.32 Å². The van der Waals surface area contributed by atoms with Gasteiger partial charge in [0.15, 0.2) is 0 Å². The average molecular weight is 562 g/mol. The molecule has 2 aromatic carbocycles. The van der Waals surface area contributed by atoms with Crippen molar-refractivity contribution in [3.63, 3.8) is 0 Å². The molecule has 35 heavy (non-hydrogen) atoms. The van der Waals surface area contributed by atoms with Crippen LogP contribution in [0.1, 0.15) is 43.4 Å². The van der Waals surface area contributed by atoms with E-state index in [1.807, 2.05) is 12.1 Å². The molecule has 3 aromatic rings. The molecule has 6 nitrogen and oxygen atoms in total. The molecule has 3 rings (SSSR count). The van der Waals surface area contributed by atoms with Crippen molar-refractivity contribution >= 4 is 29.9 Å². The molecule has 1 atom stereocenters. The van der Waals surface area contributed by atoms with Gasteiger partial charge in [-0.1, -0.05) is 48.0 Å². The standard InChI is InChI=1S/C27H34BrN2O4P/c1-20(2)16-23-10-8-21(18-25(23)28)6-3-13-30-26-11-9-22(17-24(26)27-7-4-14-33-27)19-29-12-5-15-34-35(31)32/h4,7-11,14,17-18,20,29-30H,3,5-6,12-13,15-16,19H2,1-2H3/p+1. The Morgan fingerprint density at radius 2 is 1.91 bits per heavy atom. The molecule has 0 fully saturated rings. The van der Waals surface area contributed by atoms with Crippen molar-refractivity contribution in [2.24, 2.45) is 5.92 Å². The van der Waals surface area contributed by atoms with E-state index in [0.717, 1.165) is 48.4 Å². The number of hydrogen-bond acceptors (Lipinski definition) is 5. The SMILES string of the molecule is CC(C)Cc1ccc(CCCNc2ccc(CNCCCO[P+](=O)O)cc2-c2ccco2)cc1Br. The van der Waals surface area contributed by atoms with Crippen molar-refractivity contribution in [3.8, 4) is 11.3 Å². The third-order valence-corrected chi connectivity index (χ3v) is 6.74. The van der Waals surface area contributed by atoms with Gasteiger partial charge >= 0.3 is 8.25 Å². The summed E-state index contributed by atoms with van der Waals surface area (Å²) < 4.78 is 22.1. The summed E-state index contributed by atoms with van der Waals surface area (Å²) in [6.45, 7) is 7.01. The lowest BCUT2D eigenvalue weighted by molar-refractivity contribution is 0.276. The first-order chi connectivity index (χ1) is 16.9. The second kappa shape index (κ2) is 14.5. The highest BCUT2D eigenvalue weighted by Gasteiger charge is 2.11. The molecule has 0 amide bonds. The maximum Gasteiger partial charge on any atom is 0.694 e. The van der Waals surface area contributed by atoms with Gasteiger partial charge in [-0.15, -0.1) is 9.42 Å². The Hall–Kier alpha value is -2.02. The number of halogens is 1. The number of furan rings is 1. The topological polar surface area (TPSA) is 83.7 Å². The summed E-state index contributed by atoms with van der Waals surface area (Å²) in [5.41, 5.74) is 5.94. The summed E-state index contributed by atoms with van der Waals surface area (Å²) >= 11 is 3.74. The van der Waals surface area contributed by atoms with Crippen LogP contribution in [-0.2, 0) is 28.5 Å². The summed E-state index contributed by atoms with van der Waals surface area (Å²) in [7, 11) is -2.52. The molecule has 0 radical (unpaired) electrons. The molecule has 188 valence electrons. The zero-order valence-corrected chi connectivity index (χ0v) is 22.9. The summed E-state index contributed by atoms with van der Waals surface area (Å²) in [5, 5.41) is 6.93. The Labute approximate surface area is 217 Å². The van der Waals surface area contributed by atoms with Gasteiger partial charge in [0.2, 0.25) is 0 Å². The summed E-state index contributed by atoms with van der Waals surface area (Å²) in [6.07, 6.45) is 5.49. The van der Waals surface area contributed by atoms with Crippen LogP contribution in [0.3, 0.4) is 0 Å². The highest BCUT2D eigenvalue weighted by atomic mass is 79.9. The molecule has 1 heterocycles. The smallest absolute Gasteiger partial charge is 0.464 e. The van der Waals surface area contributed by atoms with Gasteiger partial charge in [0.25, 0.3) is 0 Å². The van der Waals surface area contributed by atoms with Crippen molar-refractivity contribution in [3.05, 3.63) is 76.0 Å². The Balaban J connectivity index is 1.53. The summed E-state index contributed by atoms with van der Waals surface area (Å²) in [6, 6.07) is 17.0. The van der Waals surface area contributed by atoms with Gasteiger partial charge in [0.05, 0.1) is 6.26 Å². The fraction of sp³-hybridized carbons (Fsp3) is 0.407. The molecule has 0 aliphatic carbocycles. The van der Waals surface area contributed by atoms with E-state index in [-0.39, 0.29) is 6.61 Å². The molecular formula is C27H35BrN2O4P+. The van der Waals surface area contributed by atoms with Gasteiger partial charge in [0.1, 0.15) is 12.4 Å². The largest absolute Gasteiger partial charge is 0.694 e. The minimum atomic E-state index is -2.52. The number of benzene rings is 2. The molecular weight excluding hydrogens is 527 g/mol. The molecule has 0 bridgehead atoms. The zero-order chi connectivity index (χ0) is 25.0. The minimum absolute atomic E-state index is 0.262. The average Bonchev–Trinajstić information content (AvgIpc) is 3.35. The first-order valence-electron chi connectivity index (χ1n) is 12.1. The van der Waals surface area contributed by atoms with Gasteiger partial charge in [-0.2, -0.15) is 0 Å².